The molecule has 0 aliphatic carbocycles. The van der Waals surface area contributed by atoms with Gasteiger partial charge in [-0.3, -0.25) is 14.4 Å². The van der Waals surface area contributed by atoms with Crippen LogP contribution in [0.1, 0.15) is 335 Å². The van der Waals surface area contributed by atoms with Gasteiger partial charge in [0.15, 0.2) is 6.10 Å². The molecule has 0 heterocycles. The summed E-state index contributed by atoms with van der Waals surface area (Å²) >= 11 is 0. The molecular formula is C68H122O6. The lowest BCUT2D eigenvalue weighted by Crippen LogP contribution is -2.30. The van der Waals surface area contributed by atoms with E-state index < -0.39 is 6.10 Å². The van der Waals surface area contributed by atoms with E-state index in [1.807, 2.05) is 0 Å². The van der Waals surface area contributed by atoms with Crippen LogP contribution in [-0.4, -0.2) is 37.2 Å². The number of rotatable bonds is 59. The zero-order valence-corrected chi connectivity index (χ0v) is 49.4. The Balaban J connectivity index is 4.18. The molecule has 0 aromatic heterocycles. The number of allylic oxidation sites excluding steroid dienone is 10. The second-order valence-corrected chi connectivity index (χ2v) is 21.7. The minimum Gasteiger partial charge on any atom is -0.462 e. The summed E-state index contributed by atoms with van der Waals surface area (Å²) in [6, 6.07) is 0. The Bertz CT molecular complexity index is 1330. The Morgan fingerprint density at radius 3 is 0.811 bits per heavy atom. The van der Waals surface area contributed by atoms with Crippen LogP contribution in [0.4, 0.5) is 0 Å². The molecule has 0 aromatic carbocycles. The SMILES string of the molecule is CCCC/C=C\C/C=C\CCCCCCCC(=O)OC(COC(=O)CCCCCCC/C=C\CCCCCC)COC(=O)CCCCCCCCCCCCCCCCCCC/C=C\C/C=C\CCCCCCC. The van der Waals surface area contributed by atoms with Gasteiger partial charge in [-0.1, -0.05) is 274 Å². The molecule has 0 bridgehead atoms. The van der Waals surface area contributed by atoms with Crippen LogP contribution in [0.15, 0.2) is 60.8 Å². The van der Waals surface area contributed by atoms with Gasteiger partial charge in [-0.05, 0) is 103 Å². The van der Waals surface area contributed by atoms with Crippen molar-refractivity contribution in [2.45, 2.75) is 341 Å². The molecule has 0 saturated heterocycles. The highest BCUT2D eigenvalue weighted by molar-refractivity contribution is 5.71. The molecule has 0 spiro atoms. The number of ether oxygens (including phenoxy) is 3. The maximum atomic E-state index is 12.9. The number of unbranched alkanes of at least 4 members (excludes halogenated alkanes) is 38. The van der Waals surface area contributed by atoms with Gasteiger partial charge < -0.3 is 14.2 Å². The highest BCUT2D eigenvalue weighted by Crippen LogP contribution is 2.17. The van der Waals surface area contributed by atoms with Crippen molar-refractivity contribution in [3.63, 3.8) is 0 Å². The molecule has 0 radical (unpaired) electrons. The molecule has 0 N–H and O–H groups in total. The van der Waals surface area contributed by atoms with Crippen LogP contribution in [0, 0.1) is 0 Å². The molecule has 0 aromatic rings. The Morgan fingerprint density at radius 2 is 0.500 bits per heavy atom. The van der Waals surface area contributed by atoms with Crippen molar-refractivity contribution in [2.24, 2.45) is 0 Å². The highest BCUT2D eigenvalue weighted by atomic mass is 16.6. The van der Waals surface area contributed by atoms with Gasteiger partial charge in [-0.2, -0.15) is 0 Å². The number of carbonyl (C=O) groups excluding carboxylic acids is 3. The van der Waals surface area contributed by atoms with Gasteiger partial charge in [0.05, 0.1) is 0 Å². The first kappa shape index (κ1) is 71.1. The molecule has 0 saturated carbocycles. The Labute approximate surface area is 460 Å². The van der Waals surface area contributed by atoms with Crippen LogP contribution in [-0.2, 0) is 28.6 Å². The summed E-state index contributed by atoms with van der Waals surface area (Å²) < 4.78 is 16.9. The number of hydrogen-bond donors (Lipinski definition) is 0. The van der Waals surface area contributed by atoms with Gasteiger partial charge in [0.25, 0.3) is 0 Å². The third-order valence-electron chi connectivity index (χ3n) is 14.2. The Morgan fingerprint density at radius 1 is 0.270 bits per heavy atom. The lowest BCUT2D eigenvalue weighted by Gasteiger charge is -2.18. The maximum absolute atomic E-state index is 12.9. The van der Waals surface area contributed by atoms with E-state index in [4.69, 9.17) is 14.2 Å². The molecular weight excluding hydrogens is 913 g/mol. The predicted octanol–water partition coefficient (Wildman–Crippen LogP) is 21.9. The van der Waals surface area contributed by atoms with Crippen LogP contribution in [0.25, 0.3) is 0 Å². The lowest BCUT2D eigenvalue weighted by molar-refractivity contribution is -0.167. The van der Waals surface area contributed by atoms with E-state index in [9.17, 15) is 14.4 Å². The Hall–Kier alpha value is -2.89. The van der Waals surface area contributed by atoms with E-state index in [1.54, 1.807) is 0 Å². The van der Waals surface area contributed by atoms with E-state index >= 15 is 0 Å². The van der Waals surface area contributed by atoms with Crippen molar-refractivity contribution in [2.75, 3.05) is 13.2 Å². The standard InChI is InChI=1S/C68H122O6/c1-4-7-10-13-16-19-22-25-27-28-29-30-31-32-33-34-35-36-37-38-39-40-41-44-46-49-52-55-58-61-67(70)73-64-65(63-72-66(69)60-57-54-51-48-45-42-24-21-18-15-12-9-6-3)74-68(71)62-59-56-53-50-47-43-26-23-20-17-14-11-8-5-2/h14,17,21-26,28-29,65H,4-13,15-16,18-20,27,30-64H2,1-3H3/b17-14-,24-21-,25-22-,26-23-,29-28-. The third-order valence-corrected chi connectivity index (χ3v) is 14.2. The minimum absolute atomic E-state index is 0.0800. The topological polar surface area (TPSA) is 78.9 Å². The second kappa shape index (κ2) is 62.6. The van der Waals surface area contributed by atoms with Crippen molar-refractivity contribution >= 4 is 17.9 Å². The van der Waals surface area contributed by atoms with Gasteiger partial charge in [0, 0.05) is 19.3 Å². The molecule has 0 aliphatic heterocycles. The summed E-state index contributed by atoms with van der Waals surface area (Å²) in [5.41, 5.74) is 0. The highest BCUT2D eigenvalue weighted by Gasteiger charge is 2.19. The average molecular weight is 1040 g/mol. The fourth-order valence-electron chi connectivity index (χ4n) is 9.31. The molecule has 1 unspecified atom stereocenters. The first-order valence-corrected chi connectivity index (χ1v) is 32.3. The average Bonchev–Trinajstić information content (AvgIpc) is 3.40. The number of esters is 3. The lowest BCUT2D eigenvalue weighted by atomic mass is 10.0. The molecule has 74 heavy (non-hydrogen) atoms. The molecule has 0 amide bonds. The van der Waals surface area contributed by atoms with Crippen LogP contribution >= 0.6 is 0 Å². The van der Waals surface area contributed by atoms with E-state index in [0.717, 1.165) is 96.3 Å². The summed E-state index contributed by atoms with van der Waals surface area (Å²) in [6.45, 7) is 6.59. The molecule has 0 rings (SSSR count). The fourth-order valence-corrected chi connectivity index (χ4v) is 9.31. The molecule has 0 aliphatic rings. The van der Waals surface area contributed by atoms with Crippen LogP contribution in [0.3, 0.4) is 0 Å². The van der Waals surface area contributed by atoms with E-state index in [-0.39, 0.29) is 31.1 Å². The minimum atomic E-state index is -0.784. The number of carbonyl (C=O) groups is 3. The van der Waals surface area contributed by atoms with Crippen LogP contribution in [0.5, 0.6) is 0 Å². The summed E-state index contributed by atoms with van der Waals surface area (Å²) in [5.74, 6) is -0.888. The summed E-state index contributed by atoms with van der Waals surface area (Å²) in [7, 11) is 0. The zero-order valence-electron chi connectivity index (χ0n) is 49.4. The van der Waals surface area contributed by atoms with Crippen molar-refractivity contribution in [3.05, 3.63) is 60.8 Å². The smallest absolute Gasteiger partial charge is 0.306 e. The van der Waals surface area contributed by atoms with Gasteiger partial charge in [0.2, 0.25) is 0 Å². The van der Waals surface area contributed by atoms with Crippen LogP contribution in [0.2, 0.25) is 0 Å². The third kappa shape index (κ3) is 60.0. The quantitative estimate of drug-likeness (QED) is 0.0261. The van der Waals surface area contributed by atoms with Crippen LogP contribution < -0.4 is 0 Å². The normalized spacial score (nSPS) is 12.4. The van der Waals surface area contributed by atoms with Crippen molar-refractivity contribution in [3.8, 4) is 0 Å². The van der Waals surface area contributed by atoms with Gasteiger partial charge in [-0.15, -0.1) is 0 Å². The first-order chi connectivity index (χ1) is 36.5. The second-order valence-electron chi connectivity index (χ2n) is 21.7. The van der Waals surface area contributed by atoms with E-state index in [2.05, 4.69) is 81.5 Å². The van der Waals surface area contributed by atoms with E-state index in [1.165, 1.54) is 199 Å². The summed E-state index contributed by atoms with van der Waals surface area (Å²) in [5, 5.41) is 0. The van der Waals surface area contributed by atoms with Crippen molar-refractivity contribution in [1.29, 1.82) is 0 Å². The largest absolute Gasteiger partial charge is 0.462 e. The molecule has 1 atom stereocenters. The van der Waals surface area contributed by atoms with E-state index in [0.29, 0.717) is 19.3 Å². The van der Waals surface area contributed by atoms with Gasteiger partial charge in [-0.25, -0.2) is 0 Å². The van der Waals surface area contributed by atoms with Gasteiger partial charge >= 0.3 is 17.9 Å². The molecule has 6 heteroatoms. The first-order valence-electron chi connectivity index (χ1n) is 32.3. The predicted molar refractivity (Wildman–Crippen MR) is 321 cm³/mol. The summed E-state index contributed by atoms with van der Waals surface area (Å²) in [6.07, 6.45) is 79.5. The van der Waals surface area contributed by atoms with Crippen molar-refractivity contribution < 1.29 is 28.6 Å². The maximum Gasteiger partial charge on any atom is 0.306 e. The molecule has 0 fully saturated rings. The van der Waals surface area contributed by atoms with Gasteiger partial charge in [0.1, 0.15) is 13.2 Å². The number of hydrogen-bond acceptors (Lipinski definition) is 6. The monoisotopic (exact) mass is 1030 g/mol. The molecule has 430 valence electrons. The zero-order chi connectivity index (χ0) is 53.6. The Kier molecular flexibility index (Phi) is 60.2. The fraction of sp³-hybridized carbons (Fsp3) is 0.809. The summed E-state index contributed by atoms with van der Waals surface area (Å²) in [4.78, 5) is 38.2. The molecule has 6 nitrogen and oxygen atoms in total. The van der Waals surface area contributed by atoms with Crippen molar-refractivity contribution in [1.82, 2.24) is 0 Å².